The third-order valence-corrected chi connectivity index (χ3v) is 2.60. The summed E-state index contributed by atoms with van der Waals surface area (Å²) in [5.74, 6) is 0.518. The van der Waals surface area contributed by atoms with Crippen LogP contribution in [0.3, 0.4) is 0 Å². The van der Waals surface area contributed by atoms with Gasteiger partial charge >= 0.3 is 0 Å². The van der Waals surface area contributed by atoms with E-state index in [1.807, 2.05) is 0 Å². The third-order valence-electron chi connectivity index (χ3n) is 1.69. The number of hydrogen-bond donors (Lipinski definition) is 0. The highest BCUT2D eigenvalue weighted by molar-refractivity contribution is 9.10. The van der Waals surface area contributed by atoms with E-state index in [-0.39, 0.29) is 11.6 Å². The summed E-state index contributed by atoms with van der Waals surface area (Å²) < 4.78 is 5.59. The summed E-state index contributed by atoms with van der Waals surface area (Å²) >= 11 is 8.80. The number of methoxy groups -OCH3 is 1. The van der Waals surface area contributed by atoms with Crippen LogP contribution in [0.15, 0.2) is 16.6 Å². The van der Waals surface area contributed by atoms with Gasteiger partial charge in [-0.3, -0.25) is 10.1 Å². The summed E-state index contributed by atoms with van der Waals surface area (Å²) in [6, 6.07) is 2.94. The molecule has 0 saturated heterocycles. The van der Waals surface area contributed by atoms with Gasteiger partial charge in [-0.2, -0.15) is 0 Å². The number of hydrogen-bond acceptors (Lipinski definition) is 3. The average Bonchev–Trinajstić information content (AvgIpc) is 2.16. The Hall–Kier alpha value is -0.810. The van der Waals surface area contributed by atoms with Crippen molar-refractivity contribution in [3.8, 4) is 5.75 Å². The lowest BCUT2D eigenvalue weighted by Crippen LogP contribution is -1.95. The first kappa shape index (κ1) is 11.3. The summed E-state index contributed by atoms with van der Waals surface area (Å²) in [6.07, 6.45) is 0. The minimum Gasteiger partial charge on any atom is -0.495 e. The molecule has 4 nitrogen and oxygen atoms in total. The Bertz CT molecular complexity index is 370. The topological polar surface area (TPSA) is 52.4 Å². The van der Waals surface area contributed by atoms with E-state index in [1.54, 1.807) is 6.07 Å². The van der Waals surface area contributed by atoms with E-state index >= 15 is 0 Å². The van der Waals surface area contributed by atoms with E-state index in [4.69, 9.17) is 16.3 Å². The number of benzene rings is 1. The van der Waals surface area contributed by atoms with Gasteiger partial charge in [0.05, 0.1) is 28.5 Å². The standard InChI is InChI=1S/C8H7BrClNO3/c1-14-8-3-7(11(12)13)5(4-10)2-6(8)9/h2-3H,4H2,1H3. The van der Waals surface area contributed by atoms with Gasteiger partial charge in [-0.05, 0) is 22.0 Å². The molecule has 0 fully saturated rings. The summed E-state index contributed by atoms with van der Waals surface area (Å²) in [5.41, 5.74) is 0.435. The number of nitrogens with zero attached hydrogens (tertiary/aromatic N) is 1. The predicted octanol–water partition coefficient (Wildman–Crippen LogP) is 3.10. The van der Waals surface area contributed by atoms with Crippen molar-refractivity contribution in [2.24, 2.45) is 0 Å². The van der Waals surface area contributed by atoms with Gasteiger partial charge < -0.3 is 4.74 Å². The molecule has 6 heteroatoms. The van der Waals surface area contributed by atoms with Gasteiger partial charge in [-0.15, -0.1) is 11.6 Å². The van der Waals surface area contributed by atoms with Crippen LogP contribution in [0.1, 0.15) is 5.56 Å². The van der Waals surface area contributed by atoms with Crippen LogP contribution in [0.2, 0.25) is 0 Å². The van der Waals surface area contributed by atoms with Gasteiger partial charge in [0.15, 0.2) is 0 Å². The molecule has 0 atom stereocenters. The SMILES string of the molecule is COc1cc([N+](=O)[O-])c(CCl)cc1Br. The molecular formula is C8H7BrClNO3. The molecule has 0 amide bonds. The van der Waals surface area contributed by atoms with E-state index in [0.29, 0.717) is 15.8 Å². The van der Waals surface area contributed by atoms with Crippen molar-refractivity contribution in [2.75, 3.05) is 7.11 Å². The highest BCUT2D eigenvalue weighted by Gasteiger charge is 2.16. The molecule has 0 unspecified atom stereocenters. The number of halogens is 2. The normalized spacial score (nSPS) is 9.93. The molecule has 0 heterocycles. The minimum atomic E-state index is -0.479. The van der Waals surface area contributed by atoms with Gasteiger partial charge in [-0.25, -0.2) is 0 Å². The van der Waals surface area contributed by atoms with Crippen LogP contribution in [0.25, 0.3) is 0 Å². The monoisotopic (exact) mass is 279 g/mol. The number of ether oxygens (including phenoxy) is 1. The molecule has 0 aliphatic carbocycles. The molecule has 0 N–H and O–H groups in total. The highest BCUT2D eigenvalue weighted by Crippen LogP contribution is 2.33. The van der Waals surface area contributed by atoms with E-state index in [0.717, 1.165) is 0 Å². The first-order chi connectivity index (χ1) is 6.60. The Morgan fingerprint density at radius 3 is 2.71 bits per heavy atom. The summed E-state index contributed by atoms with van der Waals surface area (Å²) in [4.78, 5) is 10.2. The molecule has 1 aromatic rings. The van der Waals surface area contributed by atoms with Crippen molar-refractivity contribution in [2.45, 2.75) is 5.88 Å². The Balaban J connectivity index is 3.32. The molecule has 14 heavy (non-hydrogen) atoms. The summed E-state index contributed by atoms with van der Waals surface area (Å²) in [6.45, 7) is 0. The molecule has 0 spiro atoms. The summed E-state index contributed by atoms with van der Waals surface area (Å²) in [5, 5.41) is 10.6. The van der Waals surface area contributed by atoms with Crippen LogP contribution in [0.4, 0.5) is 5.69 Å². The van der Waals surface area contributed by atoms with Gasteiger partial charge in [0, 0.05) is 5.56 Å². The van der Waals surface area contributed by atoms with Gasteiger partial charge in [-0.1, -0.05) is 0 Å². The van der Waals surface area contributed by atoms with Gasteiger partial charge in [0.2, 0.25) is 0 Å². The van der Waals surface area contributed by atoms with Crippen LogP contribution in [-0.2, 0) is 5.88 Å². The van der Waals surface area contributed by atoms with Crippen LogP contribution in [0.5, 0.6) is 5.75 Å². The first-order valence-electron chi connectivity index (χ1n) is 3.67. The summed E-state index contributed by atoms with van der Waals surface area (Å²) in [7, 11) is 1.45. The molecule has 0 aliphatic rings. The smallest absolute Gasteiger partial charge is 0.277 e. The van der Waals surface area contributed by atoms with Crippen LogP contribution in [0, 0.1) is 10.1 Å². The van der Waals surface area contributed by atoms with E-state index < -0.39 is 4.92 Å². The fourth-order valence-corrected chi connectivity index (χ4v) is 1.78. The van der Waals surface area contributed by atoms with Crippen molar-refractivity contribution in [1.82, 2.24) is 0 Å². The van der Waals surface area contributed by atoms with E-state index in [1.165, 1.54) is 13.2 Å². The fraction of sp³-hybridized carbons (Fsp3) is 0.250. The second kappa shape index (κ2) is 4.61. The van der Waals surface area contributed by atoms with Crippen LogP contribution < -0.4 is 4.74 Å². The number of nitro groups is 1. The number of nitro benzene ring substituents is 1. The van der Waals surface area contributed by atoms with Crippen LogP contribution >= 0.6 is 27.5 Å². The largest absolute Gasteiger partial charge is 0.495 e. The quantitative estimate of drug-likeness (QED) is 0.485. The van der Waals surface area contributed by atoms with Crippen molar-refractivity contribution in [1.29, 1.82) is 0 Å². The van der Waals surface area contributed by atoms with Crippen molar-refractivity contribution in [3.05, 3.63) is 32.3 Å². The minimum absolute atomic E-state index is 0.0277. The molecule has 1 aromatic carbocycles. The molecule has 76 valence electrons. The van der Waals surface area contributed by atoms with Crippen molar-refractivity contribution < 1.29 is 9.66 Å². The third kappa shape index (κ3) is 2.16. The fourth-order valence-electron chi connectivity index (χ4n) is 1.02. The zero-order valence-electron chi connectivity index (χ0n) is 7.29. The number of alkyl halides is 1. The maximum atomic E-state index is 10.6. The van der Waals surface area contributed by atoms with Crippen LogP contribution in [-0.4, -0.2) is 12.0 Å². The maximum absolute atomic E-state index is 10.6. The Morgan fingerprint density at radius 2 is 2.29 bits per heavy atom. The second-order valence-corrected chi connectivity index (χ2v) is 3.63. The van der Waals surface area contributed by atoms with E-state index in [9.17, 15) is 10.1 Å². The lowest BCUT2D eigenvalue weighted by Gasteiger charge is -2.05. The highest BCUT2D eigenvalue weighted by atomic mass is 79.9. The average molecular weight is 281 g/mol. The maximum Gasteiger partial charge on any atom is 0.277 e. The Morgan fingerprint density at radius 1 is 1.64 bits per heavy atom. The zero-order valence-corrected chi connectivity index (χ0v) is 9.63. The molecule has 1 rings (SSSR count). The number of rotatable bonds is 3. The van der Waals surface area contributed by atoms with Gasteiger partial charge in [0.25, 0.3) is 5.69 Å². The lowest BCUT2D eigenvalue weighted by atomic mass is 10.2. The zero-order chi connectivity index (χ0) is 10.7. The Kier molecular flexibility index (Phi) is 3.71. The molecule has 0 aromatic heterocycles. The molecule has 0 aliphatic heterocycles. The van der Waals surface area contributed by atoms with Crippen molar-refractivity contribution >= 4 is 33.2 Å². The molecule has 0 bridgehead atoms. The molecule has 0 radical (unpaired) electrons. The molecular weight excluding hydrogens is 273 g/mol. The van der Waals surface area contributed by atoms with E-state index in [2.05, 4.69) is 15.9 Å². The first-order valence-corrected chi connectivity index (χ1v) is 4.99. The van der Waals surface area contributed by atoms with Crippen molar-refractivity contribution in [3.63, 3.8) is 0 Å². The Labute approximate surface area is 94.1 Å². The lowest BCUT2D eigenvalue weighted by molar-refractivity contribution is -0.385. The van der Waals surface area contributed by atoms with Gasteiger partial charge in [0.1, 0.15) is 5.75 Å². The second-order valence-electron chi connectivity index (χ2n) is 2.51. The predicted molar refractivity (Wildman–Crippen MR) is 56.9 cm³/mol. The molecule has 0 saturated carbocycles.